The average Bonchev–Trinajstić information content (AvgIpc) is 3.53. The number of furan rings is 1. The molecule has 0 radical (unpaired) electrons. The van der Waals surface area contributed by atoms with Gasteiger partial charge in [-0.3, -0.25) is 14.4 Å². The summed E-state index contributed by atoms with van der Waals surface area (Å²) in [6.45, 7) is 4.30. The van der Waals surface area contributed by atoms with E-state index in [9.17, 15) is 13.2 Å². The lowest BCUT2D eigenvalue weighted by molar-refractivity contribution is 0.0983. The van der Waals surface area contributed by atoms with Gasteiger partial charge in [0.15, 0.2) is 5.13 Å². The molecule has 0 spiro atoms. The van der Waals surface area contributed by atoms with Crippen LogP contribution in [0.1, 0.15) is 27.2 Å². The van der Waals surface area contributed by atoms with Gasteiger partial charge >= 0.3 is 0 Å². The van der Waals surface area contributed by atoms with Gasteiger partial charge in [0, 0.05) is 11.3 Å². The molecule has 9 heteroatoms. The number of carbonyl (C=O) groups is 1. The first-order valence-corrected chi connectivity index (χ1v) is 13.5. The zero-order chi connectivity index (χ0) is 25.3. The minimum atomic E-state index is -3.73. The van der Waals surface area contributed by atoms with Crippen molar-refractivity contribution in [3.63, 3.8) is 0 Å². The molecule has 3 aromatic carbocycles. The fourth-order valence-electron chi connectivity index (χ4n) is 3.72. The van der Waals surface area contributed by atoms with Crippen LogP contribution in [-0.4, -0.2) is 19.3 Å². The van der Waals surface area contributed by atoms with E-state index in [1.54, 1.807) is 59.7 Å². The van der Waals surface area contributed by atoms with Crippen molar-refractivity contribution < 1.29 is 17.6 Å². The number of carbonyl (C=O) groups excluding carboxylic acids is 1. The highest BCUT2D eigenvalue weighted by atomic mass is 32.2. The van der Waals surface area contributed by atoms with Crippen LogP contribution in [0.15, 0.2) is 94.4 Å². The van der Waals surface area contributed by atoms with Crippen LogP contribution < -0.4 is 9.62 Å². The van der Waals surface area contributed by atoms with Gasteiger partial charge in [-0.1, -0.05) is 29.5 Å². The third-order valence-electron chi connectivity index (χ3n) is 5.80. The molecule has 1 N–H and O–H groups in total. The molecular formula is C27H23N3O4S2. The first kappa shape index (κ1) is 23.8. The van der Waals surface area contributed by atoms with E-state index in [0.29, 0.717) is 22.1 Å². The third-order valence-corrected chi connectivity index (χ3v) is 8.24. The summed E-state index contributed by atoms with van der Waals surface area (Å²) in [6.07, 6.45) is 1.57. The Balaban J connectivity index is 1.44. The number of thiazole rings is 1. The van der Waals surface area contributed by atoms with Crippen LogP contribution in [-0.2, 0) is 16.6 Å². The van der Waals surface area contributed by atoms with Crippen molar-refractivity contribution in [2.24, 2.45) is 0 Å². The van der Waals surface area contributed by atoms with Gasteiger partial charge in [-0.25, -0.2) is 13.4 Å². The molecule has 36 heavy (non-hydrogen) atoms. The second kappa shape index (κ2) is 9.60. The number of hydrogen-bond acceptors (Lipinski definition) is 6. The van der Waals surface area contributed by atoms with Gasteiger partial charge in [0.25, 0.3) is 15.9 Å². The van der Waals surface area contributed by atoms with E-state index in [-0.39, 0.29) is 17.3 Å². The van der Waals surface area contributed by atoms with Crippen molar-refractivity contribution in [1.29, 1.82) is 0 Å². The van der Waals surface area contributed by atoms with Gasteiger partial charge in [-0.05, 0) is 85.6 Å². The number of hydrogen-bond donors (Lipinski definition) is 1. The van der Waals surface area contributed by atoms with Crippen molar-refractivity contribution in [2.45, 2.75) is 25.3 Å². The predicted molar refractivity (Wildman–Crippen MR) is 142 cm³/mol. The van der Waals surface area contributed by atoms with Gasteiger partial charge < -0.3 is 4.42 Å². The second-order valence-electron chi connectivity index (χ2n) is 8.37. The van der Waals surface area contributed by atoms with Crippen LogP contribution in [0, 0.1) is 13.8 Å². The Morgan fingerprint density at radius 3 is 2.39 bits per heavy atom. The maximum absolute atomic E-state index is 13.6. The largest absolute Gasteiger partial charge is 0.467 e. The molecule has 7 nitrogen and oxygen atoms in total. The summed E-state index contributed by atoms with van der Waals surface area (Å²) in [5.41, 5.74) is 3.89. The van der Waals surface area contributed by atoms with Crippen molar-refractivity contribution in [2.75, 3.05) is 9.62 Å². The average molecular weight is 518 g/mol. The van der Waals surface area contributed by atoms with E-state index in [2.05, 4.69) is 10.8 Å². The number of rotatable bonds is 7. The van der Waals surface area contributed by atoms with Crippen LogP contribution in [0.4, 0.5) is 10.8 Å². The molecule has 0 aliphatic carbocycles. The minimum absolute atomic E-state index is 0.163. The maximum Gasteiger partial charge on any atom is 0.261 e. The molecule has 5 aromatic rings. The van der Waals surface area contributed by atoms with E-state index in [1.807, 2.05) is 26.0 Å². The Morgan fingerprint density at radius 1 is 0.972 bits per heavy atom. The maximum atomic E-state index is 13.6. The molecule has 2 aromatic heterocycles. The molecular weight excluding hydrogens is 494 g/mol. The van der Waals surface area contributed by atoms with E-state index in [4.69, 9.17) is 9.40 Å². The fraction of sp³-hybridized carbons (Fsp3) is 0.111. The summed E-state index contributed by atoms with van der Waals surface area (Å²) in [4.78, 5) is 20.1. The molecule has 0 atom stereocenters. The Bertz CT molecular complexity index is 1590. The van der Waals surface area contributed by atoms with E-state index >= 15 is 0 Å². The monoisotopic (exact) mass is 517 g/mol. The summed E-state index contributed by atoms with van der Waals surface area (Å²) < 4.78 is 34.3. The second-order valence-corrected chi connectivity index (χ2v) is 11.1. The number of fused-ring (bicyclic) bond motifs is 1. The third kappa shape index (κ3) is 4.89. The van der Waals surface area contributed by atoms with Gasteiger partial charge in [-0.15, -0.1) is 0 Å². The normalized spacial score (nSPS) is 11.5. The quantitative estimate of drug-likeness (QED) is 0.279. The first-order valence-electron chi connectivity index (χ1n) is 11.2. The number of aryl methyl sites for hydroxylation is 2. The highest BCUT2D eigenvalue weighted by Crippen LogP contribution is 2.32. The van der Waals surface area contributed by atoms with Crippen LogP contribution in [0.5, 0.6) is 0 Å². The van der Waals surface area contributed by atoms with Gasteiger partial charge in [0.05, 0.1) is 27.9 Å². The Kier molecular flexibility index (Phi) is 6.34. The number of sulfonamides is 1. The number of benzene rings is 3. The number of amides is 1. The van der Waals surface area contributed by atoms with Crippen molar-refractivity contribution in [1.82, 2.24) is 4.98 Å². The lowest BCUT2D eigenvalue weighted by Gasteiger charge is -2.19. The molecule has 5 rings (SSSR count). The molecule has 0 saturated heterocycles. The zero-order valence-corrected chi connectivity index (χ0v) is 21.3. The number of aromatic nitrogens is 1. The highest BCUT2D eigenvalue weighted by Gasteiger charge is 2.23. The minimum Gasteiger partial charge on any atom is -0.467 e. The number of anilines is 2. The smallest absolute Gasteiger partial charge is 0.261 e. The summed E-state index contributed by atoms with van der Waals surface area (Å²) >= 11 is 1.44. The molecule has 0 unspecified atom stereocenters. The van der Waals surface area contributed by atoms with Crippen LogP contribution >= 0.6 is 11.3 Å². The van der Waals surface area contributed by atoms with Crippen LogP contribution in [0.2, 0.25) is 0 Å². The lowest BCUT2D eigenvalue weighted by Crippen LogP contribution is -2.30. The fourth-order valence-corrected chi connectivity index (χ4v) is 5.84. The SMILES string of the molecule is Cc1cc2nc(N(Cc3ccco3)C(=O)c3ccc(NS(=O)(=O)c4ccccc4)cc3)sc2cc1C. The Hall–Kier alpha value is -3.95. The van der Waals surface area contributed by atoms with E-state index < -0.39 is 10.0 Å². The van der Waals surface area contributed by atoms with E-state index in [1.165, 1.54) is 23.5 Å². The van der Waals surface area contributed by atoms with Crippen LogP contribution in [0.25, 0.3) is 10.2 Å². The molecule has 1 amide bonds. The summed E-state index contributed by atoms with van der Waals surface area (Å²) in [5, 5.41) is 0.560. The van der Waals surface area contributed by atoms with Crippen molar-refractivity contribution in [3.8, 4) is 0 Å². The molecule has 0 fully saturated rings. The standard InChI is InChI=1S/C27H23N3O4S2/c1-18-15-24-25(16-19(18)2)35-27(28-24)30(17-22-7-6-14-34-22)26(31)20-10-12-21(13-11-20)29-36(32,33)23-8-4-3-5-9-23/h3-16,29H,17H2,1-2H3. The van der Waals surface area contributed by atoms with Crippen molar-refractivity contribution in [3.05, 3.63) is 108 Å². The molecule has 2 heterocycles. The lowest BCUT2D eigenvalue weighted by atomic mass is 10.1. The van der Waals surface area contributed by atoms with Gasteiger partial charge in [0.2, 0.25) is 0 Å². The van der Waals surface area contributed by atoms with Crippen molar-refractivity contribution >= 4 is 48.3 Å². The molecule has 0 bridgehead atoms. The Morgan fingerprint density at radius 2 is 1.69 bits per heavy atom. The van der Waals surface area contributed by atoms with E-state index in [0.717, 1.165) is 21.3 Å². The number of nitrogens with one attached hydrogen (secondary N) is 1. The summed E-state index contributed by atoms with van der Waals surface area (Å²) in [7, 11) is -3.73. The topological polar surface area (TPSA) is 92.5 Å². The zero-order valence-electron chi connectivity index (χ0n) is 19.6. The first-order chi connectivity index (χ1) is 17.3. The predicted octanol–water partition coefficient (Wildman–Crippen LogP) is 6.15. The molecule has 0 saturated carbocycles. The number of nitrogens with zero attached hydrogens (tertiary/aromatic N) is 2. The van der Waals surface area contributed by atoms with Gasteiger partial charge in [0.1, 0.15) is 5.76 Å². The Labute approximate surface area is 213 Å². The highest BCUT2D eigenvalue weighted by molar-refractivity contribution is 7.92. The molecule has 182 valence electrons. The summed E-state index contributed by atoms with van der Waals surface area (Å²) in [6, 6.07) is 22.1. The molecule has 0 aliphatic rings. The van der Waals surface area contributed by atoms with Crippen LogP contribution in [0.3, 0.4) is 0 Å². The van der Waals surface area contributed by atoms with Gasteiger partial charge in [-0.2, -0.15) is 0 Å². The summed E-state index contributed by atoms with van der Waals surface area (Å²) in [5.74, 6) is 0.360. The molecule has 0 aliphatic heterocycles.